The molecule has 3 aromatic rings. The third kappa shape index (κ3) is 4.89. The van der Waals surface area contributed by atoms with Crippen molar-refractivity contribution in [3.63, 3.8) is 0 Å². The average molecular weight is 550 g/mol. The molecule has 3 aliphatic heterocycles. The third-order valence-corrected chi connectivity index (χ3v) is 9.37. The molecule has 0 spiro atoms. The maximum Gasteiger partial charge on any atom is 0.290 e. The number of para-hydroxylation sites is 1. The van der Waals surface area contributed by atoms with Crippen LogP contribution in [0, 0.1) is 11.8 Å². The van der Waals surface area contributed by atoms with Crippen molar-refractivity contribution < 1.29 is 22.7 Å². The molecule has 1 N–H and O–H groups in total. The number of carbonyl (C=O) groups excluding carboxylic acids is 2. The number of anilines is 1. The molecule has 10 nitrogen and oxygen atoms in total. The van der Waals surface area contributed by atoms with Gasteiger partial charge in [-0.2, -0.15) is 9.29 Å². The van der Waals surface area contributed by atoms with Crippen molar-refractivity contribution in [2.45, 2.75) is 4.90 Å². The lowest BCUT2D eigenvalue weighted by atomic mass is 10.0. The zero-order chi connectivity index (χ0) is 26.3. The summed E-state index contributed by atoms with van der Waals surface area (Å²) in [5, 5.41) is 1.81. The molecule has 0 radical (unpaired) electrons. The number of amides is 2. The molecule has 2 amide bonds. The van der Waals surface area contributed by atoms with E-state index in [-0.39, 0.29) is 16.7 Å². The number of rotatable bonds is 6. The van der Waals surface area contributed by atoms with Crippen molar-refractivity contribution in [1.29, 1.82) is 0 Å². The maximum absolute atomic E-state index is 13.1. The molecular weight excluding hydrogens is 526 g/mol. The van der Waals surface area contributed by atoms with Crippen LogP contribution in [0.25, 0.3) is 6.08 Å². The van der Waals surface area contributed by atoms with Crippen LogP contribution in [0.3, 0.4) is 0 Å². The number of aromatic nitrogens is 2. The van der Waals surface area contributed by atoms with Crippen molar-refractivity contribution in [2.24, 2.45) is 11.8 Å². The van der Waals surface area contributed by atoms with E-state index in [2.05, 4.69) is 15.3 Å². The fraction of sp³-hybridized carbons (Fsp3) is 0.231. The van der Waals surface area contributed by atoms with Crippen molar-refractivity contribution in [1.82, 2.24) is 19.6 Å². The van der Waals surface area contributed by atoms with Gasteiger partial charge in [-0.1, -0.05) is 36.4 Å². The smallest absolute Gasteiger partial charge is 0.290 e. The molecule has 38 heavy (non-hydrogen) atoms. The predicted molar refractivity (Wildman–Crippen MR) is 142 cm³/mol. The van der Waals surface area contributed by atoms with E-state index in [0.29, 0.717) is 54.3 Å². The number of hydrogen-bond donors (Lipinski definition) is 1. The Balaban J connectivity index is 1.25. The normalized spacial score (nSPS) is 22.6. The van der Waals surface area contributed by atoms with Crippen molar-refractivity contribution in [3.05, 3.63) is 77.3 Å². The minimum atomic E-state index is -3.55. The van der Waals surface area contributed by atoms with Gasteiger partial charge in [0.05, 0.1) is 15.5 Å². The molecule has 6 rings (SSSR count). The van der Waals surface area contributed by atoms with Gasteiger partial charge < -0.3 is 9.64 Å². The molecule has 2 atom stereocenters. The van der Waals surface area contributed by atoms with Gasteiger partial charge in [0.2, 0.25) is 21.9 Å². The fourth-order valence-electron chi connectivity index (χ4n) is 4.91. The summed E-state index contributed by atoms with van der Waals surface area (Å²) in [4.78, 5) is 35.5. The van der Waals surface area contributed by atoms with E-state index in [4.69, 9.17) is 4.74 Å². The number of nitrogens with zero attached hydrogens (tertiary/aromatic N) is 4. The van der Waals surface area contributed by atoms with Crippen LogP contribution < -0.4 is 15.0 Å². The molecule has 194 valence electrons. The SMILES string of the molecule is O=C1NC(=O)/C(=C\c2cc(Oc3ccccc3)nc(N3CC4CN(S(=O)(=O)c5ccccc5)CC4C3)n2)S1. The summed E-state index contributed by atoms with van der Waals surface area (Å²) >= 11 is 0.815. The Hall–Kier alpha value is -3.74. The van der Waals surface area contributed by atoms with Gasteiger partial charge in [-0.05, 0) is 53.9 Å². The number of carbonyl (C=O) groups is 2. The third-order valence-electron chi connectivity index (χ3n) is 6.71. The zero-order valence-electron chi connectivity index (χ0n) is 20.1. The van der Waals surface area contributed by atoms with E-state index in [0.717, 1.165) is 11.8 Å². The molecule has 3 aliphatic rings. The summed E-state index contributed by atoms with van der Waals surface area (Å²) in [7, 11) is -3.55. The van der Waals surface area contributed by atoms with Crippen LogP contribution in [0.15, 0.2) is 76.5 Å². The first kappa shape index (κ1) is 24.6. The Morgan fingerprint density at radius 3 is 2.21 bits per heavy atom. The van der Waals surface area contributed by atoms with E-state index in [1.807, 2.05) is 23.1 Å². The van der Waals surface area contributed by atoms with Crippen LogP contribution in [0.2, 0.25) is 0 Å². The van der Waals surface area contributed by atoms with E-state index in [1.54, 1.807) is 58.9 Å². The maximum atomic E-state index is 13.1. The van der Waals surface area contributed by atoms with E-state index < -0.39 is 21.2 Å². The fourth-order valence-corrected chi connectivity index (χ4v) is 7.16. The van der Waals surface area contributed by atoms with Crippen molar-refractivity contribution >= 4 is 45.0 Å². The minimum absolute atomic E-state index is 0.131. The predicted octanol–water partition coefficient (Wildman–Crippen LogP) is 3.35. The van der Waals surface area contributed by atoms with Gasteiger partial charge >= 0.3 is 0 Å². The number of fused-ring (bicyclic) bond motifs is 1. The van der Waals surface area contributed by atoms with Crippen molar-refractivity contribution in [2.75, 3.05) is 31.1 Å². The lowest BCUT2D eigenvalue weighted by Gasteiger charge is -2.22. The molecule has 2 aromatic carbocycles. The second-order valence-corrected chi connectivity index (χ2v) is 12.2. The van der Waals surface area contributed by atoms with Gasteiger partial charge in [0.1, 0.15) is 5.75 Å². The first-order valence-corrected chi connectivity index (χ1v) is 14.3. The molecule has 3 fully saturated rings. The second-order valence-electron chi connectivity index (χ2n) is 9.26. The Labute approximate surface area is 223 Å². The highest BCUT2D eigenvalue weighted by Crippen LogP contribution is 2.36. The van der Waals surface area contributed by atoms with Crippen LogP contribution in [0.4, 0.5) is 10.7 Å². The van der Waals surface area contributed by atoms with Crippen LogP contribution >= 0.6 is 11.8 Å². The van der Waals surface area contributed by atoms with E-state index >= 15 is 0 Å². The molecule has 3 saturated heterocycles. The van der Waals surface area contributed by atoms with Crippen LogP contribution in [-0.4, -0.2) is 60.0 Å². The summed E-state index contributed by atoms with van der Waals surface area (Å²) < 4.78 is 33.7. The van der Waals surface area contributed by atoms with Gasteiger partial charge in [0.15, 0.2) is 0 Å². The summed E-state index contributed by atoms with van der Waals surface area (Å²) in [6.07, 6.45) is 1.54. The molecule has 2 unspecified atom stereocenters. The van der Waals surface area contributed by atoms with Gasteiger partial charge in [-0.3, -0.25) is 14.9 Å². The van der Waals surface area contributed by atoms with Gasteiger partial charge in [0, 0.05) is 32.2 Å². The van der Waals surface area contributed by atoms with Crippen LogP contribution in [0.5, 0.6) is 11.6 Å². The monoisotopic (exact) mass is 549 g/mol. The molecular formula is C26H23N5O5S2. The molecule has 12 heteroatoms. The minimum Gasteiger partial charge on any atom is -0.439 e. The lowest BCUT2D eigenvalue weighted by Crippen LogP contribution is -2.33. The summed E-state index contributed by atoms with van der Waals surface area (Å²) in [6, 6.07) is 19.3. The standard InChI is InChI=1S/C26H23N5O5S2/c32-24-22(37-26(33)29-24)11-19-12-23(36-20-7-3-1-4-8-20)28-25(27-19)30-13-17-15-31(16-18(17)14-30)38(34,35)21-9-5-2-6-10-21/h1-12,17-18H,13-16H2,(H,29,32,33)/b22-11+. The second kappa shape index (κ2) is 9.86. The first-order chi connectivity index (χ1) is 18.3. The highest BCUT2D eigenvalue weighted by Gasteiger charge is 2.45. The zero-order valence-corrected chi connectivity index (χ0v) is 21.7. The number of benzene rings is 2. The lowest BCUT2D eigenvalue weighted by molar-refractivity contribution is -0.115. The number of imide groups is 1. The van der Waals surface area contributed by atoms with Gasteiger partial charge in [0.25, 0.3) is 11.1 Å². The van der Waals surface area contributed by atoms with Crippen LogP contribution in [0.1, 0.15) is 5.69 Å². The average Bonchev–Trinajstić information content (AvgIpc) is 3.58. The van der Waals surface area contributed by atoms with E-state index in [1.165, 1.54) is 0 Å². The summed E-state index contributed by atoms with van der Waals surface area (Å²) in [5.74, 6) is 1.11. The summed E-state index contributed by atoms with van der Waals surface area (Å²) in [6.45, 7) is 2.02. The highest BCUT2D eigenvalue weighted by atomic mass is 32.2. The number of ether oxygens (including phenoxy) is 1. The first-order valence-electron chi connectivity index (χ1n) is 12.0. The van der Waals surface area contributed by atoms with Gasteiger partial charge in [-0.25, -0.2) is 13.4 Å². The Bertz CT molecular complexity index is 1520. The van der Waals surface area contributed by atoms with Crippen molar-refractivity contribution in [3.8, 4) is 11.6 Å². The molecule has 0 bridgehead atoms. The quantitative estimate of drug-likeness (QED) is 0.461. The molecule has 0 aliphatic carbocycles. The number of nitrogens with one attached hydrogen (secondary N) is 1. The topological polar surface area (TPSA) is 122 Å². The Kier molecular flexibility index (Phi) is 6.38. The van der Waals surface area contributed by atoms with E-state index in [9.17, 15) is 18.0 Å². The number of thioether (sulfide) groups is 1. The number of sulfonamides is 1. The Morgan fingerprint density at radius 2 is 1.58 bits per heavy atom. The molecule has 0 saturated carbocycles. The summed E-state index contributed by atoms with van der Waals surface area (Å²) in [5.41, 5.74) is 0.429. The molecule has 1 aromatic heterocycles. The van der Waals surface area contributed by atoms with Gasteiger partial charge in [-0.15, -0.1) is 0 Å². The van der Waals surface area contributed by atoms with Crippen LogP contribution in [-0.2, 0) is 14.8 Å². The highest BCUT2D eigenvalue weighted by molar-refractivity contribution is 8.18. The largest absolute Gasteiger partial charge is 0.439 e. The number of hydrogen-bond acceptors (Lipinski definition) is 9. The Morgan fingerprint density at radius 1 is 0.921 bits per heavy atom. The molecule has 4 heterocycles.